The molecule has 2 aromatic rings. The molecule has 0 radical (unpaired) electrons. The molecule has 2 atom stereocenters. The number of likely N-dealkylation sites (N-methyl/N-ethyl adjacent to an activating group) is 1. The molecule has 20 heavy (non-hydrogen) atoms. The molecule has 1 saturated heterocycles. The lowest BCUT2D eigenvalue weighted by molar-refractivity contribution is 0.0764. The van der Waals surface area contributed by atoms with E-state index in [0.29, 0.717) is 18.7 Å². The largest absolute Gasteiger partial charge is 0.390 e. The molecule has 0 bridgehead atoms. The molecule has 6 nitrogen and oxygen atoms in total. The van der Waals surface area contributed by atoms with Crippen LogP contribution in [-0.4, -0.2) is 70.1 Å². The average Bonchev–Trinajstić information content (AvgIpc) is 3.02. The molecule has 1 aliphatic rings. The first kappa shape index (κ1) is 13.1. The molecule has 1 aromatic heterocycles. The number of aromatic nitrogens is 2. The fourth-order valence-corrected chi connectivity index (χ4v) is 2.69. The van der Waals surface area contributed by atoms with Crippen molar-refractivity contribution in [1.29, 1.82) is 0 Å². The number of β-amino-alcohol motifs (C(OH)–C–C–N with tert-alkyl or cyclic N) is 1. The number of aliphatic hydroxyl groups excluding tert-OH is 1. The number of amides is 1. The van der Waals surface area contributed by atoms with Crippen molar-refractivity contribution in [2.75, 3.05) is 27.2 Å². The van der Waals surface area contributed by atoms with E-state index in [9.17, 15) is 9.90 Å². The maximum absolute atomic E-state index is 12.5. The highest BCUT2D eigenvalue weighted by Crippen LogP contribution is 2.19. The van der Waals surface area contributed by atoms with Crippen molar-refractivity contribution in [2.24, 2.45) is 0 Å². The monoisotopic (exact) mass is 274 g/mol. The Hall–Kier alpha value is -1.92. The summed E-state index contributed by atoms with van der Waals surface area (Å²) >= 11 is 0. The van der Waals surface area contributed by atoms with Crippen molar-refractivity contribution >= 4 is 16.9 Å². The fraction of sp³-hybridized carbons (Fsp3) is 0.429. The van der Waals surface area contributed by atoms with Crippen LogP contribution in [0.2, 0.25) is 0 Å². The van der Waals surface area contributed by atoms with Gasteiger partial charge in [-0.25, -0.2) is 4.98 Å². The molecule has 3 rings (SSSR count). The minimum absolute atomic E-state index is 0.00478. The zero-order chi connectivity index (χ0) is 14.3. The lowest BCUT2D eigenvalue weighted by Crippen LogP contribution is -2.38. The van der Waals surface area contributed by atoms with Crippen molar-refractivity contribution in [1.82, 2.24) is 19.8 Å². The van der Waals surface area contributed by atoms with Crippen LogP contribution in [0.5, 0.6) is 0 Å². The molecule has 1 aliphatic heterocycles. The van der Waals surface area contributed by atoms with E-state index in [1.807, 2.05) is 25.1 Å². The number of nitrogens with zero attached hydrogens (tertiary/aromatic N) is 3. The Kier molecular flexibility index (Phi) is 3.19. The van der Waals surface area contributed by atoms with Gasteiger partial charge in [0.1, 0.15) is 0 Å². The second-order valence-electron chi connectivity index (χ2n) is 5.44. The topological polar surface area (TPSA) is 72.5 Å². The molecule has 0 saturated carbocycles. The van der Waals surface area contributed by atoms with Crippen molar-refractivity contribution in [3.63, 3.8) is 0 Å². The number of benzene rings is 1. The first-order valence-corrected chi connectivity index (χ1v) is 6.63. The molecule has 2 heterocycles. The molecule has 2 N–H and O–H groups in total. The third-order valence-corrected chi connectivity index (χ3v) is 3.88. The van der Waals surface area contributed by atoms with Crippen LogP contribution in [0.4, 0.5) is 0 Å². The number of nitrogens with one attached hydrogen (secondary N) is 1. The molecule has 6 heteroatoms. The van der Waals surface area contributed by atoms with E-state index in [1.54, 1.807) is 23.4 Å². The van der Waals surface area contributed by atoms with Crippen molar-refractivity contribution in [3.05, 3.63) is 30.1 Å². The third kappa shape index (κ3) is 2.17. The van der Waals surface area contributed by atoms with Crippen LogP contribution in [0.15, 0.2) is 24.5 Å². The van der Waals surface area contributed by atoms with E-state index in [4.69, 9.17) is 0 Å². The quantitative estimate of drug-likeness (QED) is 0.826. The highest BCUT2D eigenvalue weighted by Gasteiger charge is 2.35. The minimum Gasteiger partial charge on any atom is -0.390 e. The number of carbonyl (C=O) groups excluding carboxylic acids is 1. The molecule has 1 amide bonds. The number of H-pyrrole nitrogens is 1. The summed E-state index contributed by atoms with van der Waals surface area (Å²) in [6.07, 6.45) is 1.12. The summed E-state index contributed by atoms with van der Waals surface area (Å²) in [5.74, 6) is -0.0510. The number of aliphatic hydroxyl groups is 1. The first-order chi connectivity index (χ1) is 9.56. The Balaban J connectivity index is 1.82. The van der Waals surface area contributed by atoms with E-state index >= 15 is 0 Å². The van der Waals surface area contributed by atoms with Gasteiger partial charge in [-0.1, -0.05) is 0 Å². The van der Waals surface area contributed by atoms with Crippen molar-refractivity contribution in [2.45, 2.75) is 12.1 Å². The molecule has 1 aromatic carbocycles. The van der Waals surface area contributed by atoms with Gasteiger partial charge >= 0.3 is 0 Å². The van der Waals surface area contributed by atoms with E-state index in [2.05, 4.69) is 9.97 Å². The van der Waals surface area contributed by atoms with Gasteiger partial charge in [-0.3, -0.25) is 4.79 Å². The van der Waals surface area contributed by atoms with Crippen LogP contribution in [0.3, 0.4) is 0 Å². The van der Waals surface area contributed by atoms with Crippen LogP contribution in [0.1, 0.15) is 10.4 Å². The Morgan fingerprint density at radius 1 is 1.45 bits per heavy atom. The lowest BCUT2D eigenvalue weighted by atomic mass is 10.2. The van der Waals surface area contributed by atoms with Crippen LogP contribution >= 0.6 is 0 Å². The van der Waals surface area contributed by atoms with Gasteiger partial charge in [-0.2, -0.15) is 0 Å². The van der Waals surface area contributed by atoms with Gasteiger partial charge in [0.25, 0.3) is 5.91 Å². The number of aromatic amines is 1. The SMILES string of the molecule is CN(C)[C@@H]1CN(C(=O)c2ccc3nc[nH]c3c2)C[C@H]1O. The van der Waals surface area contributed by atoms with E-state index < -0.39 is 6.10 Å². The van der Waals surface area contributed by atoms with Gasteiger partial charge in [0, 0.05) is 18.7 Å². The van der Waals surface area contributed by atoms with Gasteiger partial charge in [-0.15, -0.1) is 0 Å². The van der Waals surface area contributed by atoms with Gasteiger partial charge in [-0.05, 0) is 32.3 Å². The summed E-state index contributed by atoms with van der Waals surface area (Å²) in [5, 5.41) is 10.0. The second-order valence-corrected chi connectivity index (χ2v) is 5.44. The predicted octanol–water partition coefficient (Wildman–Crippen LogP) is 0.310. The molecule has 106 valence electrons. The molecule has 0 aliphatic carbocycles. The minimum atomic E-state index is -0.496. The summed E-state index contributed by atoms with van der Waals surface area (Å²) in [5.41, 5.74) is 2.31. The molecular formula is C14H18N4O2. The normalized spacial score (nSPS) is 22.9. The maximum atomic E-state index is 12.5. The molecule has 0 spiro atoms. The van der Waals surface area contributed by atoms with Crippen LogP contribution in [0, 0.1) is 0 Å². The van der Waals surface area contributed by atoms with Crippen LogP contribution in [-0.2, 0) is 0 Å². The molecular weight excluding hydrogens is 256 g/mol. The van der Waals surface area contributed by atoms with Crippen molar-refractivity contribution < 1.29 is 9.90 Å². The smallest absolute Gasteiger partial charge is 0.254 e. The third-order valence-electron chi connectivity index (χ3n) is 3.88. The fourth-order valence-electron chi connectivity index (χ4n) is 2.69. The highest BCUT2D eigenvalue weighted by molar-refractivity contribution is 5.97. The standard InChI is InChI=1S/C14H18N4O2/c1-17(2)12-6-18(7-13(12)19)14(20)9-3-4-10-11(5-9)16-8-15-10/h3-5,8,12-13,19H,6-7H2,1-2H3,(H,15,16)/t12-,13-/m1/s1. The maximum Gasteiger partial charge on any atom is 0.254 e. The van der Waals surface area contributed by atoms with Gasteiger partial charge in [0.15, 0.2) is 0 Å². The molecule has 0 unspecified atom stereocenters. The predicted molar refractivity (Wildman–Crippen MR) is 75.5 cm³/mol. The Morgan fingerprint density at radius 2 is 2.25 bits per heavy atom. The van der Waals surface area contributed by atoms with Crippen LogP contribution < -0.4 is 0 Å². The zero-order valence-electron chi connectivity index (χ0n) is 11.6. The summed E-state index contributed by atoms with van der Waals surface area (Å²) in [7, 11) is 3.83. The van der Waals surface area contributed by atoms with E-state index in [1.165, 1.54) is 0 Å². The average molecular weight is 274 g/mol. The number of hydrogen-bond acceptors (Lipinski definition) is 4. The van der Waals surface area contributed by atoms with Gasteiger partial charge in [0.05, 0.1) is 29.5 Å². The number of imidazole rings is 1. The van der Waals surface area contributed by atoms with Crippen molar-refractivity contribution in [3.8, 4) is 0 Å². The second kappa shape index (κ2) is 4.88. The summed E-state index contributed by atoms with van der Waals surface area (Å²) < 4.78 is 0. The number of fused-ring (bicyclic) bond motifs is 1. The van der Waals surface area contributed by atoms with Crippen LogP contribution in [0.25, 0.3) is 11.0 Å². The first-order valence-electron chi connectivity index (χ1n) is 6.63. The van der Waals surface area contributed by atoms with E-state index in [-0.39, 0.29) is 11.9 Å². The van der Waals surface area contributed by atoms with Gasteiger partial charge in [0.2, 0.25) is 0 Å². The zero-order valence-corrected chi connectivity index (χ0v) is 11.6. The number of hydrogen-bond donors (Lipinski definition) is 2. The Bertz CT molecular complexity index is 637. The summed E-state index contributed by atoms with van der Waals surface area (Å²) in [4.78, 5) is 23.3. The molecule has 1 fully saturated rings. The highest BCUT2D eigenvalue weighted by atomic mass is 16.3. The number of likely N-dealkylation sites (tertiary alicyclic amines) is 1. The number of rotatable bonds is 2. The number of carbonyl (C=O) groups is 1. The Morgan fingerprint density at radius 3 is 2.95 bits per heavy atom. The summed E-state index contributed by atoms with van der Waals surface area (Å²) in [6, 6.07) is 5.41. The van der Waals surface area contributed by atoms with Gasteiger partial charge < -0.3 is 19.9 Å². The van der Waals surface area contributed by atoms with E-state index in [0.717, 1.165) is 11.0 Å². The summed E-state index contributed by atoms with van der Waals surface area (Å²) in [6.45, 7) is 0.927. The Labute approximate surface area is 117 Å². The lowest BCUT2D eigenvalue weighted by Gasteiger charge is -2.21.